The molecule has 0 saturated carbocycles. The minimum Gasteiger partial charge on any atom is -0.330 e. The quantitative estimate of drug-likeness (QED) is 0.917. The molecule has 0 bridgehead atoms. The standard InChI is InChI=1S/C15H19ClN2/c1-9(8-17)6-12-7-11(3)14-13(16)5-4-10(2)15(14)18-12/h4-5,7,9H,6,8,17H2,1-3H3. The molecule has 0 radical (unpaired) electrons. The summed E-state index contributed by atoms with van der Waals surface area (Å²) in [5.74, 6) is 0.453. The first-order chi connectivity index (χ1) is 8.52. The highest BCUT2D eigenvalue weighted by molar-refractivity contribution is 6.35. The van der Waals surface area contributed by atoms with E-state index in [2.05, 4.69) is 26.8 Å². The smallest absolute Gasteiger partial charge is 0.0752 e. The van der Waals surface area contributed by atoms with Crippen LogP contribution in [0.2, 0.25) is 5.02 Å². The summed E-state index contributed by atoms with van der Waals surface area (Å²) in [4.78, 5) is 4.74. The minimum absolute atomic E-state index is 0.453. The molecular formula is C15H19ClN2. The maximum atomic E-state index is 6.26. The summed E-state index contributed by atoms with van der Waals surface area (Å²) in [6.07, 6.45) is 0.916. The molecule has 3 heteroatoms. The van der Waals surface area contributed by atoms with Crippen LogP contribution in [-0.2, 0) is 6.42 Å². The van der Waals surface area contributed by atoms with Crippen LogP contribution in [0.5, 0.6) is 0 Å². The summed E-state index contributed by atoms with van der Waals surface area (Å²) in [7, 11) is 0. The number of nitrogens with two attached hydrogens (primary N) is 1. The van der Waals surface area contributed by atoms with Crippen molar-refractivity contribution in [3.8, 4) is 0 Å². The first-order valence-electron chi connectivity index (χ1n) is 6.28. The third-order valence-electron chi connectivity index (χ3n) is 3.32. The zero-order chi connectivity index (χ0) is 13.3. The van der Waals surface area contributed by atoms with Gasteiger partial charge in [0.25, 0.3) is 0 Å². The van der Waals surface area contributed by atoms with E-state index in [-0.39, 0.29) is 0 Å². The average molecular weight is 263 g/mol. The molecule has 2 rings (SSSR count). The van der Waals surface area contributed by atoms with Crippen molar-refractivity contribution in [1.29, 1.82) is 0 Å². The van der Waals surface area contributed by atoms with Crippen molar-refractivity contribution < 1.29 is 0 Å². The summed E-state index contributed by atoms with van der Waals surface area (Å²) < 4.78 is 0. The van der Waals surface area contributed by atoms with Crippen LogP contribution in [0.1, 0.15) is 23.7 Å². The van der Waals surface area contributed by atoms with Gasteiger partial charge in [0.1, 0.15) is 0 Å². The molecule has 0 spiro atoms. The van der Waals surface area contributed by atoms with E-state index in [1.165, 1.54) is 11.1 Å². The number of aryl methyl sites for hydroxylation is 2. The highest BCUT2D eigenvalue weighted by atomic mass is 35.5. The lowest BCUT2D eigenvalue weighted by Crippen LogP contribution is -2.14. The molecule has 2 aromatic rings. The van der Waals surface area contributed by atoms with Crippen molar-refractivity contribution in [3.63, 3.8) is 0 Å². The molecule has 0 saturated heterocycles. The average Bonchev–Trinajstić information content (AvgIpc) is 2.33. The largest absolute Gasteiger partial charge is 0.330 e. The second-order valence-corrected chi connectivity index (χ2v) is 5.47. The predicted octanol–water partition coefficient (Wildman–Crippen LogP) is 3.64. The number of rotatable bonds is 3. The topological polar surface area (TPSA) is 38.9 Å². The Kier molecular flexibility index (Phi) is 3.88. The van der Waals surface area contributed by atoms with E-state index in [4.69, 9.17) is 22.3 Å². The second-order valence-electron chi connectivity index (χ2n) is 5.06. The normalized spacial score (nSPS) is 12.9. The highest BCUT2D eigenvalue weighted by Crippen LogP contribution is 2.28. The van der Waals surface area contributed by atoms with Gasteiger partial charge in [-0.3, -0.25) is 4.98 Å². The molecule has 1 atom stereocenters. The molecule has 1 heterocycles. The van der Waals surface area contributed by atoms with Crippen LogP contribution in [-0.4, -0.2) is 11.5 Å². The highest BCUT2D eigenvalue weighted by Gasteiger charge is 2.10. The van der Waals surface area contributed by atoms with Gasteiger partial charge in [-0.15, -0.1) is 0 Å². The summed E-state index contributed by atoms with van der Waals surface area (Å²) in [5.41, 5.74) is 10.1. The molecule has 2 nitrogen and oxygen atoms in total. The van der Waals surface area contributed by atoms with Gasteiger partial charge < -0.3 is 5.73 Å². The lowest BCUT2D eigenvalue weighted by molar-refractivity contribution is 0.585. The molecule has 0 aliphatic heterocycles. The van der Waals surface area contributed by atoms with Gasteiger partial charge in [0, 0.05) is 11.1 Å². The number of halogens is 1. The molecule has 1 aromatic heterocycles. The number of nitrogens with zero attached hydrogens (tertiary/aromatic N) is 1. The van der Waals surface area contributed by atoms with Gasteiger partial charge in [0.2, 0.25) is 0 Å². The fourth-order valence-corrected chi connectivity index (χ4v) is 2.53. The van der Waals surface area contributed by atoms with Crippen LogP contribution in [0.4, 0.5) is 0 Å². The lowest BCUT2D eigenvalue weighted by Gasteiger charge is -2.12. The van der Waals surface area contributed by atoms with Crippen molar-refractivity contribution in [3.05, 3.63) is 40.0 Å². The minimum atomic E-state index is 0.453. The van der Waals surface area contributed by atoms with Crippen LogP contribution in [0.15, 0.2) is 18.2 Å². The van der Waals surface area contributed by atoms with Crippen LogP contribution in [0.3, 0.4) is 0 Å². The van der Waals surface area contributed by atoms with E-state index >= 15 is 0 Å². The molecule has 1 aromatic carbocycles. The van der Waals surface area contributed by atoms with Crippen molar-refractivity contribution in [1.82, 2.24) is 4.98 Å². The molecule has 0 aliphatic carbocycles. The van der Waals surface area contributed by atoms with Crippen LogP contribution in [0.25, 0.3) is 10.9 Å². The molecule has 1 unspecified atom stereocenters. The Hall–Kier alpha value is -1.12. The Labute approximate surface area is 113 Å². The molecule has 0 amide bonds. The summed E-state index contributed by atoms with van der Waals surface area (Å²) in [5, 5.41) is 1.85. The number of hydrogen-bond donors (Lipinski definition) is 1. The van der Waals surface area contributed by atoms with Gasteiger partial charge in [-0.05, 0) is 56.0 Å². The number of benzene rings is 1. The fraction of sp³-hybridized carbons (Fsp3) is 0.400. The number of hydrogen-bond acceptors (Lipinski definition) is 2. The zero-order valence-electron chi connectivity index (χ0n) is 11.1. The van der Waals surface area contributed by atoms with Gasteiger partial charge >= 0.3 is 0 Å². The third-order valence-corrected chi connectivity index (χ3v) is 3.64. The Morgan fingerprint density at radius 1 is 1.28 bits per heavy atom. The predicted molar refractivity (Wildman–Crippen MR) is 78.1 cm³/mol. The van der Waals surface area contributed by atoms with Crippen molar-refractivity contribution in [2.45, 2.75) is 27.2 Å². The summed E-state index contributed by atoms with van der Waals surface area (Å²) in [6, 6.07) is 6.09. The lowest BCUT2D eigenvalue weighted by atomic mass is 10.0. The Morgan fingerprint density at radius 2 is 2.00 bits per heavy atom. The summed E-state index contributed by atoms with van der Waals surface area (Å²) >= 11 is 6.26. The third kappa shape index (κ3) is 2.50. The number of aromatic nitrogens is 1. The molecule has 0 aliphatic rings. The first-order valence-corrected chi connectivity index (χ1v) is 6.66. The molecular weight excluding hydrogens is 244 g/mol. The molecule has 0 fully saturated rings. The van der Waals surface area contributed by atoms with Crippen LogP contribution < -0.4 is 5.73 Å². The fourth-order valence-electron chi connectivity index (χ4n) is 2.23. The van der Waals surface area contributed by atoms with Crippen LogP contribution in [0, 0.1) is 19.8 Å². The summed E-state index contributed by atoms with van der Waals surface area (Å²) in [6.45, 7) is 6.99. The van der Waals surface area contributed by atoms with E-state index in [0.717, 1.165) is 28.0 Å². The molecule has 18 heavy (non-hydrogen) atoms. The maximum Gasteiger partial charge on any atom is 0.0752 e. The van der Waals surface area contributed by atoms with Gasteiger partial charge in [0.05, 0.1) is 10.5 Å². The number of pyridine rings is 1. The van der Waals surface area contributed by atoms with Gasteiger partial charge in [0.15, 0.2) is 0 Å². The first kappa shape index (κ1) is 13.3. The van der Waals surface area contributed by atoms with Crippen LogP contribution >= 0.6 is 11.6 Å². The van der Waals surface area contributed by atoms with E-state index < -0.39 is 0 Å². The number of fused-ring (bicyclic) bond motifs is 1. The molecule has 96 valence electrons. The van der Waals surface area contributed by atoms with Gasteiger partial charge in [-0.2, -0.15) is 0 Å². The maximum absolute atomic E-state index is 6.26. The van der Waals surface area contributed by atoms with Crippen molar-refractivity contribution in [2.75, 3.05) is 6.54 Å². The Bertz CT molecular complexity index is 578. The van der Waals surface area contributed by atoms with E-state index in [9.17, 15) is 0 Å². The second kappa shape index (κ2) is 5.25. The van der Waals surface area contributed by atoms with E-state index in [1.807, 2.05) is 12.1 Å². The van der Waals surface area contributed by atoms with Crippen molar-refractivity contribution in [2.24, 2.45) is 11.7 Å². The van der Waals surface area contributed by atoms with E-state index in [0.29, 0.717) is 12.5 Å². The van der Waals surface area contributed by atoms with E-state index in [1.54, 1.807) is 0 Å². The monoisotopic (exact) mass is 262 g/mol. The molecule has 2 N–H and O–H groups in total. The SMILES string of the molecule is Cc1ccc(Cl)c2c(C)cc(CC(C)CN)nc12. The zero-order valence-corrected chi connectivity index (χ0v) is 11.9. The van der Waals surface area contributed by atoms with Gasteiger partial charge in [-0.1, -0.05) is 24.6 Å². The van der Waals surface area contributed by atoms with Crippen molar-refractivity contribution >= 4 is 22.5 Å². The van der Waals surface area contributed by atoms with Gasteiger partial charge in [-0.25, -0.2) is 0 Å². The Balaban J connectivity index is 2.58. The Morgan fingerprint density at radius 3 is 2.67 bits per heavy atom.